The standard InChI is InChI=1S/C20H17FN4O2S2/c21-15-9-3-2-8-14(15)18(27)22-19-23-24-20(29-19)28-12-17(26)25-11-5-7-13-6-1-4-10-16(13)25/h1-4,6,8-10H,5,7,11-12H2,(H,22,23,27). The van der Waals surface area contributed by atoms with Gasteiger partial charge in [-0.25, -0.2) is 4.39 Å². The predicted octanol–water partition coefficient (Wildman–Crippen LogP) is 4.00. The van der Waals surface area contributed by atoms with Crippen LogP contribution in [0.15, 0.2) is 52.9 Å². The van der Waals surface area contributed by atoms with Crippen LogP contribution in [0.5, 0.6) is 0 Å². The van der Waals surface area contributed by atoms with Crippen LogP contribution in [-0.2, 0) is 11.2 Å². The zero-order chi connectivity index (χ0) is 20.2. The van der Waals surface area contributed by atoms with Gasteiger partial charge in [0.15, 0.2) is 4.34 Å². The third kappa shape index (κ3) is 4.46. The van der Waals surface area contributed by atoms with Crippen molar-refractivity contribution in [2.45, 2.75) is 17.2 Å². The van der Waals surface area contributed by atoms with Crippen molar-refractivity contribution in [3.63, 3.8) is 0 Å². The summed E-state index contributed by atoms with van der Waals surface area (Å²) in [7, 11) is 0. The van der Waals surface area contributed by atoms with Gasteiger partial charge in [-0.1, -0.05) is 53.4 Å². The van der Waals surface area contributed by atoms with Crippen molar-refractivity contribution in [2.75, 3.05) is 22.5 Å². The summed E-state index contributed by atoms with van der Waals surface area (Å²) in [5.41, 5.74) is 2.10. The monoisotopic (exact) mass is 428 g/mol. The van der Waals surface area contributed by atoms with Gasteiger partial charge < -0.3 is 4.90 Å². The van der Waals surface area contributed by atoms with Crippen LogP contribution in [0.3, 0.4) is 0 Å². The average molecular weight is 429 g/mol. The summed E-state index contributed by atoms with van der Waals surface area (Å²) >= 11 is 2.42. The van der Waals surface area contributed by atoms with Gasteiger partial charge in [-0.2, -0.15) is 0 Å². The summed E-state index contributed by atoms with van der Waals surface area (Å²) in [6.45, 7) is 0.705. The van der Waals surface area contributed by atoms with Crippen molar-refractivity contribution in [2.24, 2.45) is 0 Å². The van der Waals surface area contributed by atoms with E-state index in [9.17, 15) is 14.0 Å². The fourth-order valence-corrected chi connectivity index (χ4v) is 4.75. The van der Waals surface area contributed by atoms with Gasteiger partial charge in [0.25, 0.3) is 5.91 Å². The van der Waals surface area contributed by atoms with Gasteiger partial charge in [-0.3, -0.25) is 14.9 Å². The number of para-hydroxylation sites is 1. The first kappa shape index (κ1) is 19.5. The molecular weight excluding hydrogens is 411 g/mol. The Morgan fingerprint density at radius 1 is 1.14 bits per heavy atom. The maximum absolute atomic E-state index is 13.7. The third-order valence-electron chi connectivity index (χ3n) is 4.48. The SMILES string of the molecule is O=C(Nc1nnc(SCC(=O)N2CCCc3ccccc32)s1)c1ccccc1F. The lowest BCUT2D eigenvalue weighted by Crippen LogP contribution is -2.36. The molecule has 0 bridgehead atoms. The highest BCUT2D eigenvalue weighted by atomic mass is 32.2. The molecule has 0 saturated heterocycles. The molecule has 1 aliphatic heterocycles. The number of aromatic nitrogens is 2. The molecule has 2 heterocycles. The number of halogens is 1. The molecule has 0 aliphatic carbocycles. The van der Waals surface area contributed by atoms with Crippen LogP contribution in [0.25, 0.3) is 0 Å². The number of amides is 2. The number of thioether (sulfide) groups is 1. The van der Waals surface area contributed by atoms with E-state index in [1.165, 1.54) is 35.5 Å². The van der Waals surface area contributed by atoms with Crippen LogP contribution in [0.1, 0.15) is 22.3 Å². The quantitative estimate of drug-likeness (QED) is 0.491. The first-order chi connectivity index (χ1) is 14.1. The molecule has 0 spiro atoms. The third-order valence-corrected chi connectivity index (χ3v) is 6.43. The summed E-state index contributed by atoms with van der Waals surface area (Å²) in [6.07, 6.45) is 1.92. The predicted molar refractivity (Wildman–Crippen MR) is 112 cm³/mol. The molecule has 148 valence electrons. The second-order valence-electron chi connectivity index (χ2n) is 6.37. The minimum absolute atomic E-state index is 0.00860. The van der Waals surface area contributed by atoms with Crippen molar-refractivity contribution in [3.05, 3.63) is 65.5 Å². The number of carbonyl (C=O) groups excluding carboxylic acids is 2. The highest BCUT2D eigenvalue weighted by molar-refractivity contribution is 8.01. The highest BCUT2D eigenvalue weighted by Crippen LogP contribution is 2.30. The zero-order valence-electron chi connectivity index (χ0n) is 15.3. The van der Waals surface area contributed by atoms with Crippen LogP contribution in [0.2, 0.25) is 0 Å². The van der Waals surface area contributed by atoms with E-state index >= 15 is 0 Å². The molecule has 2 amide bonds. The molecule has 4 rings (SSSR count). The lowest BCUT2D eigenvalue weighted by atomic mass is 10.0. The van der Waals surface area contributed by atoms with Gasteiger partial charge in [-0.05, 0) is 36.6 Å². The van der Waals surface area contributed by atoms with E-state index in [4.69, 9.17) is 0 Å². The number of aryl methyl sites for hydroxylation is 1. The Morgan fingerprint density at radius 2 is 1.93 bits per heavy atom. The van der Waals surface area contributed by atoms with Crippen molar-refractivity contribution >= 4 is 45.7 Å². The van der Waals surface area contributed by atoms with Gasteiger partial charge in [0.1, 0.15) is 5.82 Å². The van der Waals surface area contributed by atoms with Crippen molar-refractivity contribution in [3.8, 4) is 0 Å². The van der Waals surface area contributed by atoms with E-state index in [0.29, 0.717) is 10.9 Å². The van der Waals surface area contributed by atoms with Gasteiger partial charge in [0.2, 0.25) is 11.0 Å². The number of carbonyl (C=O) groups is 2. The number of nitrogens with zero attached hydrogens (tertiary/aromatic N) is 3. The van der Waals surface area contributed by atoms with Crippen LogP contribution in [0.4, 0.5) is 15.2 Å². The molecule has 6 nitrogen and oxygen atoms in total. The van der Waals surface area contributed by atoms with E-state index < -0.39 is 11.7 Å². The number of hydrogen-bond donors (Lipinski definition) is 1. The topological polar surface area (TPSA) is 75.2 Å². The molecule has 29 heavy (non-hydrogen) atoms. The molecule has 1 N–H and O–H groups in total. The molecule has 1 aliphatic rings. The number of hydrogen-bond acceptors (Lipinski definition) is 6. The van der Waals surface area contributed by atoms with E-state index in [2.05, 4.69) is 21.6 Å². The minimum Gasteiger partial charge on any atom is -0.311 e. The molecule has 3 aromatic rings. The molecular formula is C20H17FN4O2S2. The Morgan fingerprint density at radius 3 is 2.79 bits per heavy atom. The summed E-state index contributed by atoms with van der Waals surface area (Å²) in [5.74, 6) is -0.952. The molecule has 0 fully saturated rings. The highest BCUT2D eigenvalue weighted by Gasteiger charge is 2.22. The summed E-state index contributed by atoms with van der Waals surface area (Å²) in [4.78, 5) is 26.7. The van der Waals surface area contributed by atoms with E-state index in [1.54, 1.807) is 6.07 Å². The van der Waals surface area contributed by atoms with E-state index in [1.807, 2.05) is 23.1 Å². The molecule has 2 aromatic carbocycles. The first-order valence-corrected chi connectivity index (χ1v) is 10.8. The van der Waals surface area contributed by atoms with Crippen LogP contribution in [-0.4, -0.2) is 34.3 Å². The molecule has 0 atom stereocenters. The summed E-state index contributed by atoms with van der Waals surface area (Å²) in [6, 6.07) is 13.7. The smallest absolute Gasteiger partial charge is 0.260 e. The van der Waals surface area contributed by atoms with Crippen molar-refractivity contribution in [1.29, 1.82) is 0 Å². The fraction of sp³-hybridized carbons (Fsp3) is 0.200. The number of rotatable bonds is 5. The molecule has 9 heteroatoms. The lowest BCUT2D eigenvalue weighted by molar-refractivity contribution is -0.116. The summed E-state index contributed by atoms with van der Waals surface area (Å²) < 4.78 is 14.3. The lowest BCUT2D eigenvalue weighted by Gasteiger charge is -2.29. The number of nitrogens with one attached hydrogen (secondary N) is 1. The first-order valence-electron chi connectivity index (χ1n) is 9.02. The number of benzene rings is 2. The Hall–Kier alpha value is -2.78. The van der Waals surface area contributed by atoms with Crippen molar-refractivity contribution < 1.29 is 14.0 Å². The van der Waals surface area contributed by atoms with Gasteiger partial charge in [-0.15, -0.1) is 10.2 Å². The van der Waals surface area contributed by atoms with Gasteiger partial charge >= 0.3 is 0 Å². The number of fused-ring (bicyclic) bond motifs is 1. The second kappa shape index (κ2) is 8.71. The Bertz CT molecular complexity index is 1060. The average Bonchev–Trinajstić information content (AvgIpc) is 3.19. The fourth-order valence-electron chi connectivity index (χ4n) is 3.12. The maximum Gasteiger partial charge on any atom is 0.260 e. The molecule has 1 aromatic heterocycles. The van der Waals surface area contributed by atoms with Crippen LogP contribution < -0.4 is 10.2 Å². The van der Waals surface area contributed by atoms with E-state index in [0.717, 1.165) is 29.9 Å². The minimum atomic E-state index is -0.600. The van der Waals surface area contributed by atoms with E-state index in [-0.39, 0.29) is 22.4 Å². The maximum atomic E-state index is 13.7. The molecule has 0 saturated carbocycles. The van der Waals surface area contributed by atoms with Crippen LogP contribution >= 0.6 is 23.1 Å². The Labute approximate surface area is 175 Å². The molecule has 0 unspecified atom stereocenters. The second-order valence-corrected chi connectivity index (χ2v) is 8.57. The summed E-state index contributed by atoms with van der Waals surface area (Å²) in [5, 5.41) is 10.7. The number of anilines is 2. The van der Waals surface area contributed by atoms with Gasteiger partial charge in [0.05, 0.1) is 11.3 Å². The Kier molecular flexibility index (Phi) is 5.86. The zero-order valence-corrected chi connectivity index (χ0v) is 16.9. The van der Waals surface area contributed by atoms with Crippen LogP contribution in [0, 0.1) is 5.82 Å². The normalized spacial score (nSPS) is 13.1. The van der Waals surface area contributed by atoms with Gasteiger partial charge in [0, 0.05) is 12.2 Å². The Balaban J connectivity index is 1.36. The largest absolute Gasteiger partial charge is 0.311 e. The molecule has 0 radical (unpaired) electrons. The van der Waals surface area contributed by atoms with Crippen molar-refractivity contribution in [1.82, 2.24) is 10.2 Å².